The van der Waals surface area contributed by atoms with Crippen molar-refractivity contribution in [1.29, 1.82) is 0 Å². The van der Waals surface area contributed by atoms with Crippen LogP contribution >= 0.6 is 0 Å². The van der Waals surface area contributed by atoms with Gasteiger partial charge >= 0.3 is 21.1 Å². The maximum Gasteiger partial charge on any atom is 4.00 e. The van der Waals surface area contributed by atoms with Crippen molar-refractivity contribution in [2.24, 2.45) is 0 Å². The van der Waals surface area contributed by atoms with Crippen molar-refractivity contribution in [1.82, 2.24) is 0 Å². The molecule has 0 spiro atoms. The van der Waals surface area contributed by atoms with Crippen LogP contribution in [0.3, 0.4) is 0 Å². The molecule has 1 aromatic carbocycles. The van der Waals surface area contributed by atoms with E-state index in [1.165, 1.54) is 0 Å². The smallest absolute Gasteiger partial charge is 0.358 e. The number of hydrogen-bond donors (Lipinski definition) is 0. The molecule has 0 nitrogen and oxygen atoms in total. The largest absolute Gasteiger partial charge is 4.00 e. The molecule has 0 bridgehead atoms. The molecule has 0 unspecified atom stereocenters. The Morgan fingerprint density at radius 3 is 1.11 bits per heavy atom. The molecule has 0 saturated heterocycles. The summed E-state index contributed by atoms with van der Waals surface area (Å²) in [6.45, 7) is 18.5. The zero-order valence-electron chi connectivity index (χ0n) is 14.1. The first-order valence-electron chi connectivity index (χ1n) is 6.35. The molecule has 19 heavy (non-hydrogen) atoms. The summed E-state index contributed by atoms with van der Waals surface area (Å²) >= 11 is 0. The fraction of sp³-hybridized carbons (Fsp3) is 0.529. The van der Waals surface area contributed by atoms with Gasteiger partial charge in [0.05, 0.1) is 0 Å². The first kappa shape index (κ1) is 27.6. The minimum atomic E-state index is -1.23. The summed E-state index contributed by atoms with van der Waals surface area (Å²) in [6.07, 6.45) is 0. The van der Waals surface area contributed by atoms with Gasteiger partial charge in [0.15, 0.2) is 0 Å². The van der Waals surface area contributed by atoms with Crippen LogP contribution in [0.5, 0.6) is 0 Å². The summed E-state index contributed by atoms with van der Waals surface area (Å²) in [5, 5.41) is 0. The molecule has 1 rings (SSSR count). The molecule has 0 aliphatic carbocycles. The second kappa shape index (κ2) is 13.2. The van der Waals surface area contributed by atoms with Crippen LogP contribution in [0, 0.1) is 21.4 Å². The Morgan fingerprint density at radius 2 is 1.05 bits per heavy atom. The van der Waals surface area contributed by atoms with E-state index in [0.717, 1.165) is 16.6 Å². The van der Waals surface area contributed by atoms with Crippen molar-refractivity contribution >= 4 is 8.07 Å². The Balaban J connectivity index is -0.000000121. The second-order valence-electron chi connectivity index (χ2n) is 5.54. The zero-order valence-corrected chi connectivity index (χ0v) is 17.4. The first-order valence-corrected chi connectivity index (χ1v) is 8.79. The van der Waals surface area contributed by atoms with Crippen molar-refractivity contribution in [2.75, 3.05) is 0 Å². The third kappa shape index (κ3) is 8.92. The van der Waals surface area contributed by atoms with Gasteiger partial charge < -0.3 is 21.4 Å². The van der Waals surface area contributed by atoms with Crippen LogP contribution in [0.1, 0.15) is 41.5 Å². The van der Waals surface area contributed by atoms with Gasteiger partial charge in [-0.3, -0.25) is 0 Å². The third-order valence-electron chi connectivity index (χ3n) is 3.78. The standard InChI is InChI=1S/C10H23Si.C5H5.2CH3.Pt/c1-8(2)11(7,9(3)4)10(5)6;1-2-4-5-3-1;;;/h8-10H,7H2,1-6H3;1-5H;2*1H3;/q4*-1;+4. The van der Waals surface area contributed by atoms with Gasteiger partial charge in [-0.25, -0.2) is 12.1 Å². The average Bonchev–Trinajstić information content (AvgIpc) is 2.73. The van der Waals surface area contributed by atoms with Crippen LogP contribution in [-0.2, 0) is 21.1 Å². The van der Waals surface area contributed by atoms with Crippen molar-refractivity contribution < 1.29 is 21.1 Å². The average molecular weight is 462 g/mol. The van der Waals surface area contributed by atoms with Gasteiger partial charge in [0.1, 0.15) is 0 Å². The van der Waals surface area contributed by atoms with Gasteiger partial charge in [0.25, 0.3) is 0 Å². The monoisotopic (exact) mass is 461 g/mol. The normalized spacial score (nSPS) is 10.0. The van der Waals surface area contributed by atoms with Gasteiger partial charge in [-0.15, -0.1) is 0 Å². The topological polar surface area (TPSA) is 0 Å². The first-order chi connectivity index (χ1) is 7.33. The molecule has 0 fully saturated rings. The zero-order chi connectivity index (χ0) is 12.8. The second-order valence-corrected chi connectivity index (χ2v) is 11.2. The van der Waals surface area contributed by atoms with E-state index < -0.39 is 8.07 Å². The van der Waals surface area contributed by atoms with Crippen LogP contribution in [0.4, 0.5) is 0 Å². The molecule has 0 aromatic heterocycles. The van der Waals surface area contributed by atoms with Crippen LogP contribution < -0.4 is 0 Å². The summed E-state index contributed by atoms with van der Waals surface area (Å²) in [6, 6.07) is 10.0. The molecule has 0 aliphatic rings. The molecule has 0 N–H and O–H groups in total. The van der Waals surface area contributed by atoms with E-state index in [-0.39, 0.29) is 35.9 Å². The molecule has 0 aliphatic heterocycles. The van der Waals surface area contributed by atoms with Crippen LogP contribution in [-0.4, -0.2) is 8.07 Å². The fourth-order valence-electron chi connectivity index (χ4n) is 2.32. The van der Waals surface area contributed by atoms with Crippen molar-refractivity contribution in [3.8, 4) is 0 Å². The molecule has 2 heteroatoms. The quantitative estimate of drug-likeness (QED) is 0.364. The summed E-state index contributed by atoms with van der Waals surface area (Å²) in [5.41, 5.74) is 2.42. The summed E-state index contributed by atoms with van der Waals surface area (Å²) in [4.78, 5) is 0. The molecular formula is C17H34PtSi. The van der Waals surface area contributed by atoms with Crippen molar-refractivity contribution in [3.63, 3.8) is 0 Å². The Labute approximate surface area is 139 Å². The van der Waals surface area contributed by atoms with Gasteiger partial charge in [0.2, 0.25) is 0 Å². The van der Waals surface area contributed by atoms with Crippen LogP contribution in [0.2, 0.25) is 16.6 Å². The maximum absolute atomic E-state index is 4.51. The third-order valence-corrected chi connectivity index (χ3v) is 10.2. The molecular weight excluding hydrogens is 427 g/mol. The van der Waals surface area contributed by atoms with E-state index in [1.807, 2.05) is 30.3 Å². The molecule has 116 valence electrons. The van der Waals surface area contributed by atoms with E-state index >= 15 is 0 Å². The Bertz CT molecular complexity index is 211. The van der Waals surface area contributed by atoms with Gasteiger partial charge in [-0.05, 0) is 0 Å². The summed E-state index contributed by atoms with van der Waals surface area (Å²) in [7, 11) is -1.23. The molecule has 0 amide bonds. The van der Waals surface area contributed by atoms with Gasteiger partial charge in [0, 0.05) is 0 Å². The SMILES string of the molecule is [CH2-][Si](C(C)C)(C(C)C)C(C)C.[CH3-].[CH3-].[Pt+4].c1cc[cH-]c1. The van der Waals surface area contributed by atoms with Gasteiger partial charge in [-0.2, -0.15) is 18.2 Å². The van der Waals surface area contributed by atoms with Crippen molar-refractivity contribution in [3.05, 3.63) is 51.7 Å². The van der Waals surface area contributed by atoms with E-state index in [2.05, 4.69) is 48.1 Å². The van der Waals surface area contributed by atoms with E-state index in [0.29, 0.717) is 0 Å². The van der Waals surface area contributed by atoms with E-state index in [4.69, 9.17) is 0 Å². The minimum Gasteiger partial charge on any atom is -0.358 e. The maximum atomic E-state index is 4.51. The summed E-state index contributed by atoms with van der Waals surface area (Å²) < 4.78 is 0. The predicted octanol–water partition coefficient (Wildman–Crippen LogP) is 6.34. The minimum absolute atomic E-state index is 0. The number of rotatable bonds is 3. The van der Waals surface area contributed by atoms with Crippen molar-refractivity contribution in [2.45, 2.75) is 58.2 Å². The fourth-order valence-corrected chi connectivity index (χ4v) is 6.32. The predicted molar refractivity (Wildman–Crippen MR) is 91.3 cm³/mol. The van der Waals surface area contributed by atoms with E-state index in [1.54, 1.807) is 0 Å². The Kier molecular flexibility index (Phi) is 19.2. The molecule has 1 aromatic rings. The van der Waals surface area contributed by atoms with E-state index in [9.17, 15) is 0 Å². The molecule has 0 heterocycles. The summed E-state index contributed by atoms with van der Waals surface area (Å²) in [5.74, 6) is 0. The molecule has 0 radical (unpaired) electrons. The molecule has 0 atom stereocenters. The molecule has 0 saturated carbocycles. The van der Waals surface area contributed by atoms with Crippen LogP contribution in [0.15, 0.2) is 30.3 Å². The van der Waals surface area contributed by atoms with Gasteiger partial charge in [-0.1, -0.05) is 66.2 Å². The Morgan fingerprint density at radius 1 is 0.789 bits per heavy atom. The number of hydrogen-bond acceptors (Lipinski definition) is 0. The van der Waals surface area contributed by atoms with Crippen LogP contribution in [0.25, 0.3) is 0 Å². The Hall–Kier alpha value is 0.255.